The molecule has 0 aromatic heterocycles. The Labute approximate surface area is 110 Å². The Morgan fingerprint density at radius 1 is 1.37 bits per heavy atom. The molecule has 0 saturated heterocycles. The van der Waals surface area contributed by atoms with Crippen LogP contribution in [0.15, 0.2) is 24.3 Å². The van der Waals surface area contributed by atoms with Crippen LogP contribution in [0.1, 0.15) is 19.3 Å². The minimum Gasteiger partial charge on any atom is -0.418 e. The summed E-state index contributed by atoms with van der Waals surface area (Å²) in [5.41, 5.74) is 10.7. The maximum atomic E-state index is 11.7. The number of nitro groups is 1. The van der Waals surface area contributed by atoms with Gasteiger partial charge in [0.05, 0.1) is 4.92 Å². The molecule has 4 N–H and O–H groups in total. The number of rotatable bonds is 7. The molecule has 0 radical (unpaired) electrons. The van der Waals surface area contributed by atoms with E-state index in [1.165, 1.54) is 18.2 Å². The lowest BCUT2D eigenvalue weighted by molar-refractivity contribution is -0.385. The monoisotopic (exact) mass is 267 g/mol. The van der Waals surface area contributed by atoms with Crippen LogP contribution in [0.3, 0.4) is 0 Å². The first-order valence-electron chi connectivity index (χ1n) is 5.97. The number of carbonyl (C=O) groups excluding carboxylic acids is 1. The number of para-hydroxylation sites is 2. The van der Waals surface area contributed by atoms with Crippen LogP contribution in [0.5, 0.6) is 5.75 Å². The third-order valence-electron chi connectivity index (χ3n) is 2.54. The average molecular weight is 267 g/mol. The van der Waals surface area contributed by atoms with Crippen LogP contribution >= 0.6 is 0 Å². The largest absolute Gasteiger partial charge is 0.418 e. The van der Waals surface area contributed by atoms with Gasteiger partial charge in [0.25, 0.3) is 0 Å². The molecule has 0 heterocycles. The highest BCUT2D eigenvalue weighted by Gasteiger charge is 2.20. The minimum absolute atomic E-state index is 0.0909. The smallest absolute Gasteiger partial charge is 0.328 e. The highest BCUT2D eigenvalue weighted by atomic mass is 16.6. The van der Waals surface area contributed by atoms with Crippen molar-refractivity contribution in [2.75, 3.05) is 6.54 Å². The van der Waals surface area contributed by atoms with Gasteiger partial charge in [-0.15, -0.1) is 0 Å². The first-order chi connectivity index (χ1) is 9.06. The molecule has 0 unspecified atom stereocenters. The second-order valence-electron chi connectivity index (χ2n) is 4.04. The second kappa shape index (κ2) is 7.45. The number of ether oxygens (including phenoxy) is 1. The molecule has 7 heteroatoms. The van der Waals surface area contributed by atoms with E-state index in [4.69, 9.17) is 16.2 Å². The molecular weight excluding hydrogens is 250 g/mol. The number of nitro benzene ring substituents is 1. The van der Waals surface area contributed by atoms with Crippen molar-refractivity contribution in [1.29, 1.82) is 0 Å². The predicted octanol–water partition coefficient (Wildman–Crippen LogP) is 0.957. The van der Waals surface area contributed by atoms with Crippen molar-refractivity contribution >= 4 is 11.7 Å². The van der Waals surface area contributed by atoms with Gasteiger partial charge in [-0.25, -0.2) is 4.79 Å². The molecular formula is C12H17N3O4. The normalized spacial score (nSPS) is 11.9. The summed E-state index contributed by atoms with van der Waals surface area (Å²) < 4.78 is 4.96. The van der Waals surface area contributed by atoms with E-state index in [1.54, 1.807) is 6.07 Å². The van der Waals surface area contributed by atoms with Crippen molar-refractivity contribution in [3.05, 3.63) is 34.4 Å². The van der Waals surface area contributed by atoms with Gasteiger partial charge in [-0.05, 0) is 25.5 Å². The Kier molecular flexibility index (Phi) is 5.91. The average Bonchev–Trinajstić information content (AvgIpc) is 2.39. The van der Waals surface area contributed by atoms with Gasteiger partial charge >= 0.3 is 11.7 Å². The first kappa shape index (κ1) is 15.1. The number of unbranched alkanes of at least 4 members (excludes halogenated alkanes) is 1. The number of hydrogen-bond acceptors (Lipinski definition) is 6. The molecule has 0 aliphatic rings. The lowest BCUT2D eigenvalue weighted by Crippen LogP contribution is -2.34. The van der Waals surface area contributed by atoms with E-state index in [-0.39, 0.29) is 11.4 Å². The van der Waals surface area contributed by atoms with Crippen LogP contribution in [-0.2, 0) is 4.79 Å². The number of esters is 1. The summed E-state index contributed by atoms with van der Waals surface area (Å²) in [5, 5.41) is 10.8. The molecule has 1 rings (SSSR count). The fourth-order valence-corrected chi connectivity index (χ4v) is 1.50. The molecule has 0 saturated carbocycles. The third-order valence-corrected chi connectivity index (χ3v) is 2.54. The zero-order valence-corrected chi connectivity index (χ0v) is 10.5. The first-order valence-corrected chi connectivity index (χ1v) is 5.97. The van der Waals surface area contributed by atoms with Crippen molar-refractivity contribution in [1.82, 2.24) is 0 Å². The van der Waals surface area contributed by atoms with E-state index >= 15 is 0 Å². The van der Waals surface area contributed by atoms with Crippen LogP contribution < -0.4 is 16.2 Å². The van der Waals surface area contributed by atoms with Crippen LogP contribution in [0, 0.1) is 10.1 Å². The summed E-state index contributed by atoms with van der Waals surface area (Å²) in [5.74, 6) is -0.766. The molecule has 1 atom stereocenters. The Bertz CT molecular complexity index is 450. The van der Waals surface area contributed by atoms with E-state index in [1.807, 2.05) is 0 Å². The highest BCUT2D eigenvalue weighted by Crippen LogP contribution is 2.26. The van der Waals surface area contributed by atoms with Gasteiger partial charge in [-0.2, -0.15) is 0 Å². The molecule has 0 amide bonds. The molecule has 0 spiro atoms. The van der Waals surface area contributed by atoms with Crippen LogP contribution in [0.2, 0.25) is 0 Å². The number of benzene rings is 1. The summed E-state index contributed by atoms with van der Waals surface area (Å²) in [4.78, 5) is 21.8. The third kappa shape index (κ3) is 4.65. The van der Waals surface area contributed by atoms with Crippen LogP contribution in [-0.4, -0.2) is 23.5 Å². The topological polar surface area (TPSA) is 121 Å². The van der Waals surface area contributed by atoms with Gasteiger partial charge in [0.15, 0.2) is 0 Å². The Morgan fingerprint density at radius 2 is 2.05 bits per heavy atom. The lowest BCUT2D eigenvalue weighted by atomic mass is 10.1. The van der Waals surface area contributed by atoms with E-state index < -0.39 is 16.9 Å². The Morgan fingerprint density at radius 3 is 2.68 bits per heavy atom. The summed E-state index contributed by atoms with van der Waals surface area (Å²) in [6.07, 6.45) is 1.92. The summed E-state index contributed by atoms with van der Waals surface area (Å²) in [6.45, 7) is 0.534. The minimum atomic E-state index is -0.800. The van der Waals surface area contributed by atoms with Crippen molar-refractivity contribution < 1.29 is 14.5 Å². The Balaban J connectivity index is 2.64. The maximum Gasteiger partial charge on any atom is 0.328 e. The van der Waals surface area contributed by atoms with Gasteiger partial charge in [0.2, 0.25) is 5.75 Å². The van der Waals surface area contributed by atoms with E-state index in [2.05, 4.69) is 0 Å². The predicted molar refractivity (Wildman–Crippen MR) is 69.6 cm³/mol. The molecule has 7 nitrogen and oxygen atoms in total. The molecule has 104 valence electrons. The van der Waals surface area contributed by atoms with Crippen LogP contribution in [0.4, 0.5) is 5.69 Å². The summed E-state index contributed by atoms with van der Waals surface area (Å²) >= 11 is 0. The molecule has 0 bridgehead atoms. The molecule has 19 heavy (non-hydrogen) atoms. The van der Waals surface area contributed by atoms with Crippen molar-refractivity contribution in [3.8, 4) is 5.75 Å². The summed E-state index contributed by atoms with van der Waals surface area (Å²) in [7, 11) is 0. The molecule has 1 aromatic carbocycles. The van der Waals surface area contributed by atoms with Gasteiger partial charge < -0.3 is 16.2 Å². The van der Waals surface area contributed by atoms with Crippen molar-refractivity contribution in [3.63, 3.8) is 0 Å². The SMILES string of the molecule is NCCCC[C@H](N)C(=O)Oc1ccccc1[N+](=O)[O-]. The molecule has 0 aliphatic heterocycles. The zero-order valence-electron chi connectivity index (χ0n) is 10.5. The van der Waals surface area contributed by atoms with E-state index in [0.717, 1.165) is 6.42 Å². The number of hydrogen-bond donors (Lipinski definition) is 2. The number of nitrogens with two attached hydrogens (primary N) is 2. The van der Waals surface area contributed by atoms with Crippen LogP contribution in [0.25, 0.3) is 0 Å². The van der Waals surface area contributed by atoms with Crippen molar-refractivity contribution in [2.45, 2.75) is 25.3 Å². The fraction of sp³-hybridized carbons (Fsp3) is 0.417. The zero-order chi connectivity index (χ0) is 14.3. The second-order valence-corrected chi connectivity index (χ2v) is 4.04. The van der Waals surface area contributed by atoms with Gasteiger partial charge in [0, 0.05) is 6.07 Å². The Hall–Kier alpha value is -1.99. The lowest BCUT2D eigenvalue weighted by Gasteiger charge is -2.10. The molecule has 1 aromatic rings. The van der Waals surface area contributed by atoms with E-state index in [9.17, 15) is 14.9 Å². The fourth-order valence-electron chi connectivity index (χ4n) is 1.50. The van der Waals surface area contributed by atoms with Gasteiger partial charge in [-0.3, -0.25) is 10.1 Å². The standard InChI is InChI=1S/C12H17N3O4/c13-8-4-3-5-9(14)12(16)19-11-7-2-1-6-10(11)15(17)18/h1-2,6-7,9H,3-5,8,13-14H2/t9-/m0/s1. The number of nitrogens with zero attached hydrogens (tertiary/aromatic N) is 1. The summed E-state index contributed by atoms with van der Waals surface area (Å²) in [6, 6.07) is 4.88. The number of carbonyl (C=O) groups is 1. The van der Waals surface area contributed by atoms with Gasteiger partial charge in [0.1, 0.15) is 6.04 Å². The van der Waals surface area contributed by atoms with Gasteiger partial charge in [-0.1, -0.05) is 18.6 Å². The maximum absolute atomic E-state index is 11.7. The molecule has 0 aliphatic carbocycles. The molecule has 0 fully saturated rings. The van der Waals surface area contributed by atoms with E-state index in [0.29, 0.717) is 19.4 Å². The highest BCUT2D eigenvalue weighted by molar-refractivity contribution is 5.78. The van der Waals surface area contributed by atoms with Crippen molar-refractivity contribution in [2.24, 2.45) is 11.5 Å². The quantitative estimate of drug-likeness (QED) is 0.249.